The summed E-state index contributed by atoms with van der Waals surface area (Å²) in [6.45, 7) is 5.17. The summed E-state index contributed by atoms with van der Waals surface area (Å²) in [6, 6.07) is 10.0. The third-order valence-corrected chi connectivity index (χ3v) is 2.79. The number of nitrogens with zero attached hydrogens (tertiary/aromatic N) is 1. The number of amides is 1. The van der Waals surface area contributed by atoms with Crippen molar-refractivity contribution in [2.24, 2.45) is 0 Å². The summed E-state index contributed by atoms with van der Waals surface area (Å²) in [4.78, 5) is 13.7. The van der Waals surface area contributed by atoms with Crippen molar-refractivity contribution in [3.05, 3.63) is 35.9 Å². The monoisotopic (exact) mass is 219 g/mol. The third-order valence-electron chi connectivity index (χ3n) is 2.79. The molecule has 0 saturated carbocycles. The van der Waals surface area contributed by atoms with Gasteiger partial charge in [-0.05, 0) is 19.4 Å². The first-order valence-electron chi connectivity index (χ1n) is 5.65. The molecule has 1 saturated heterocycles. The standard InChI is InChI=1S/C13H17NO2/c1-10-8-14(13(15)11(2)16-10)9-12-6-4-3-5-7-12/h3-7,10-11H,8-9H2,1-2H3. The first-order chi connectivity index (χ1) is 7.66. The second kappa shape index (κ2) is 4.66. The van der Waals surface area contributed by atoms with Gasteiger partial charge in [0, 0.05) is 13.1 Å². The van der Waals surface area contributed by atoms with E-state index in [1.165, 1.54) is 0 Å². The lowest BCUT2D eigenvalue weighted by molar-refractivity contribution is -0.159. The number of carbonyl (C=O) groups excluding carboxylic acids is 1. The van der Waals surface area contributed by atoms with Gasteiger partial charge in [-0.3, -0.25) is 4.79 Å². The lowest BCUT2D eigenvalue weighted by Gasteiger charge is -2.34. The molecular weight excluding hydrogens is 202 g/mol. The number of rotatable bonds is 2. The molecule has 0 N–H and O–H groups in total. The van der Waals surface area contributed by atoms with E-state index in [4.69, 9.17) is 4.74 Å². The van der Waals surface area contributed by atoms with Crippen LogP contribution in [0.1, 0.15) is 19.4 Å². The van der Waals surface area contributed by atoms with Crippen LogP contribution in [-0.4, -0.2) is 29.6 Å². The van der Waals surface area contributed by atoms with Gasteiger partial charge in [0.2, 0.25) is 0 Å². The van der Waals surface area contributed by atoms with Crippen LogP contribution in [-0.2, 0) is 16.1 Å². The Morgan fingerprint density at radius 1 is 1.31 bits per heavy atom. The Balaban J connectivity index is 2.06. The first kappa shape index (κ1) is 11.1. The van der Waals surface area contributed by atoms with Gasteiger partial charge >= 0.3 is 0 Å². The molecule has 0 radical (unpaired) electrons. The van der Waals surface area contributed by atoms with Gasteiger partial charge in [0.25, 0.3) is 5.91 Å². The molecule has 1 amide bonds. The molecule has 0 spiro atoms. The molecule has 86 valence electrons. The second-order valence-corrected chi connectivity index (χ2v) is 4.29. The van der Waals surface area contributed by atoms with Crippen LogP contribution >= 0.6 is 0 Å². The number of ether oxygens (including phenoxy) is 1. The maximum atomic E-state index is 11.9. The van der Waals surface area contributed by atoms with Gasteiger partial charge in [-0.25, -0.2) is 0 Å². The van der Waals surface area contributed by atoms with E-state index < -0.39 is 0 Å². The minimum atomic E-state index is -0.313. The molecule has 1 aromatic carbocycles. The van der Waals surface area contributed by atoms with Gasteiger partial charge in [-0.1, -0.05) is 30.3 Å². The Morgan fingerprint density at radius 2 is 2.00 bits per heavy atom. The van der Waals surface area contributed by atoms with Crippen molar-refractivity contribution >= 4 is 5.91 Å². The Kier molecular flexibility index (Phi) is 3.25. The van der Waals surface area contributed by atoms with E-state index in [-0.39, 0.29) is 18.1 Å². The fraction of sp³-hybridized carbons (Fsp3) is 0.462. The predicted molar refractivity (Wildman–Crippen MR) is 61.9 cm³/mol. The summed E-state index contributed by atoms with van der Waals surface area (Å²) in [7, 11) is 0. The minimum Gasteiger partial charge on any atom is -0.364 e. The minimum absolute atomic E-state index is 0.0851. The summed E-state index contributed by atoms with van der Waals surface area (Å²) >= 11 is 0. The third kappa shape index (κ3) is 2.42. The molecule has 0 bridgehead atoms. The highest BCUT2D eigenvalue weighted by molar-refractivity contribution is 5.81. The number of benzene rings is 1. The Hall–Kier alpha value is -1.35. The van der Waals surface area contributed by atoms with Gasteiger partial charge in [0.15, 0.2) is 0 Å². The van der Waals surface area contributed by atoms with Crippen LogP contribution in [0, 0.1) is 0 Å². The summed E-state index contributed by atoms with van der Waals surface area (Å²) in [5.41, 5.74) is 1.16. The topological polar surface area (TPSA) is 29.5 Å². The van der Waals surface area contributed by atoms with Crippen molar-refractivity contribution in [3.63, 3.8) is 0 Å². The largest absolute Gasteiger partial charge is 0.364 e. The average Bonchev–Trinajstić information content (AvgIpc) is 2.27. The van der Waals surface area contributed by atoms with Gasteiger partial charge in [0.1, 0.15) is 6.10 Å². The Bertz CT molecular complexity index is 363. The van der Waals surface area contributed by atoms with Gasteiger partial charge in [-0.15, -0.1) is 0 Å². The second-order valence-electron chi connectivity index (χ2n) is 4.29. The molecule has 2 atom stereocenters. The van der Waals surface area contributed by atoms with Gasteiger partial charge < -0.3 is 9.64 Å². The van der Waals surface area contributed by atoms with Crippen LogP contribution in [0.25, 0.3) is 0 Å². The average molecular weight is 219 g/mol. The molecule has 1 aromatic rings. The summed E-state index contributed by atoms with van der Waals surface area (Å²) in [6.07, 6.45) is -0.191. The molecule has 1 aliphatic rings. The van der Waals surface area contributed by atoms with Gasteiger partial charge in [-0.2, -0.15) is 0 Å². The van der Waals surface area contributed by atoms with E-state index in [1.807, 2.05) is 49.1 Å². The van der Waals surface area contributed by atoms with Crippen molar-refractivity contribution < 1.29 is 9.53 Å². The molecule has 1 fully saturated rings. The van der Waals surface area contributed by atoms with Crippen molar-refractivity contribution in [1.82, 2.24) is 4.90 Å². The van der Waals surface area contributed by atoms with E-state index in [9.17, 15) is 4.79 Å². The van der Waals surface area contributed by atoms with Crippen LogP contribution < -0.4 is 0 Å². The fourth-order valence-corrected chi connectivity index (χ4v) is 2.05. The summed E-state index contributed by atoms with van der Waals surface area (Å²) < 4.78 is 5.48. The highest BCUT2D eigenvalue weighted by Crippen LogP contribution is 2.15. The highest BCUT2D eigenvalue weighted by atomic mass is 16.5. The van der Waals surface area contributed by atoms with Crippen molar-refractivity contribution in [1.29, 1.82) is 0 Å². The van der Waals surface area contributed by atoms with E-state index >= 15 is 0 Å². The van der Waals surface area contributed by atoms with E-state index in [1.54, 1.807) is 0 Å². The Labute approximate surface area is 96.0 Å². The van der Waals surface area contributed by atoms with Crippen LogP contribution in [0.5, 0.6) is 0 Å². The van der Waals surface area contributed by atoms with Crippen molar-refractivity contribution in [2.75, 3.05) is 6.54 Å². The zero-order valence-corrected chi connectivity index (χ0v) is 9.72. The molecular formula is C13H17NO2. The first-order valence-corrected chi connectivity index (χ1v) is 5.65. The molecule has 3 heteroatoms. The molecule has 1 aliphatic heterocycles. The number of hydrogen-bond acceptors (Lipinski definition) is 2. The lowest BCUT2D eigenvalue weighted by atomic mass is 10.1. The molecule has 1 heterocycles. The zero-order chi connectivity index (χ0) is 11.5. The molecule has 2 rings (SSSR count). The van der Waals surface area contributed by atoms with Crippen LogP contribution in [0.15, 0.2) is 30.3 Å². The normalized spacial score (nSPS) is 25.9. The molecule has 2 unspecified atom stereocenters. The predicted octanol–water partition coefficient (Wildman–Crippen LogP) is 1.82. The SMILES string of the molecule is CC1CN(Cc2ccccc2)C(=O)C(C)O1. The van der Waals surface area contributed by atoms with E-state index in [2.05, 4.69) is 0 Å². The Morgan fingerprint density at radius 3 is 2.69 bits per heavy atom. The maximum absolute atomic E-state index is 11.9. The quantitative estimate of drug-likeness (QED) is 0.759. The molecule has 0 aliphatic carbocycles. The summed E-state index contributed by atoms with van der Waals surface area (Å²) in [5.74, 6) is 0.0851. The molecule has 16 heavy (non-hydrogen) atoms. The number of carbonyl (C=O) groups is 1. The van der Waals surface area contributed by atoms with Crippen LogP contribution in [0.3, 0.4) is 0 Å². The van der Waals surface area contributed by atoms with E-state index in [0.717, 1.165) is 5.56 Å². The lowest BCUT2D eigenvalue weighted by Crippen LogP contribution is -2.49. The van der Waals surface area contributed by atoms with Gasteiger partial charge in [0.05, 0.1) is 6.10 Å². The zero-order valence-electron chi connectivity index (χ0n) is 9.72. The maximum Gasteiger partial charge on any atom is 0.251 e. The number of morpholine rings is 1. The fourth-order valence-electron chi connectivity index (χ4n) is 2.05. The highest BCUT2D eigenvalue weighted by Gasteiger charge is 2.29. The van der Waals surface area contributed by atoms with Crippen molar-refractivity contribution in [2.45, 2.75) is 32.6 Å². The van der Waals surface area contributed by atoms with E-state index in [0.29, 0.717) is 13.1 Å². The van der Waals surface area contributed by atoms with Crippen LogP contribution in [0.2, 0.25) is 0 Å². The van der Waals surface area contributed by atoms with Crippen LogP contribution in [0.4, 0.5) is 0 Å². The van der Waals surface area contributed by atoms with Crippen molar-refractivity contribution in [3.8, 4) is 0 Å². The molecule has 3 nitrogen and oxygen atoms in total. The number of hydrogen-bond donors (Lipinski definition) is 0. The molecule has 0 aromatic heterocycles. The summed E-state index contributed by atoms with van der Waals surface area (Å²) in [5, 5.41) is 0. The smallest absolute Gasteiger partial charge is 0.251 e.